The van der Waals surface area contributed by atoms with Crippen LogP contribution in [0.5, 0.6) is 0 Å². The van der Waals surface area contributed by atoms with Crippen molar-refractivity contribution in [3.05, 3.63) is 35.4 Å². The zero-order valence-corrected chi connectivity index (χ0v) is 13.2. The van der Waals surface area contributed by atoms with Gasteiger partial charge >= 0.3 is 0 Å². The maximum absolute atomic E-state index is 11.6. The van der Waals surface area contributed by atoms with Gasteiger partial charge in [-0.2, -0.15) is 0 Å². The van der Waals surface area contributed by atoms with Gasteiger partial charge in [-0.1, -0.05) is 45.0 Å². The molecule has 1 atom stereocenters. The van der Waals surface area contributed by atoms with E-state index in [1.165, 1.54) is 12.5 Å². The third kappa shape index (κ3) is 5.95. The third-order valence-electron chi connectivity index (χ3n) is 3.27. The van der Waals surface area contributed by atoms with Crippen LogP contribution in [0.1, 0.15) is 44.9 Å². The van der Waals surface area contributed by atoms with Crippen LogP contribution in [0.4, 0.5) is 0 Å². The zero-order valence-electron chi connectivity index (χ0n) is 13.2. The Balaban J connectivity index is 2.61. The van der Waals surface area contributed by atoms with E-state index in [9.17, 15) is 9.59 Å². The summed E-state index contributed by atoms with van der Waals surface area (Å²) in [5, 5.41) is 3.23. The molecule has 5 nitrogen and oxygen atoms in total. The molecule has 1 aromatic carbocycles. The van der Waals surface area contributed by atoms with Gasteiger partial charge in [0.25, 0.3) is 5.91 Å². The maximum Gasteiger partial charge on any atom is 0.252 e. The number of hydrazine groups is 1. The Hall–Kier alpha value is -1.88. The number of rotatable bonds is 6. The van der Waals surface area contributed by atoms with Crippen molar-refractivity contribution in [3.8, 4) is 0 Å². The summed E-state index contributed by atoms with van der Waals surface area (Å²) >= 11 is 0. The third-order valence-corrected chi connectivity index (χ3v) is 3.27. The van der Waals surface area contributed by atoms with Crippen LogP contribution in [0.15, 0.2) is 24.3 Å². The molecule has 1 aromatic rings. The van der Waals surface area contributed by atoms with Gasteiger partial charge in [0.15, 0.2) is 0 Å². The molecular formula is C16H25N3O2. The SMILES string of the molecule is CCc1ccc([C@@H](NCC(=O)NNC(C)=O)C(C)C)cc1. The highest BCUT2D eigenvalue weighted by Crippen LogP contribution is 2.21. The summed E-state index contributed by atoms with van der Waals surface area (Å²) in [5.74, 6) is -0.203. The summed E-state index contributed by atoms with van der Waals surface area (Å²) in [7, 11) is 0. The summed E-state index contributed by atoms with van der Waals surface area (Å²) < 4.78 is 0. The minimum Gasteiger partial charge on any atom is -0.301 e. The minimum absolute atomic E-state index is 0.0963. The fraction of sp³-hybridized carbons (Fsp3) is 0.500. The lowest BCUT2D eigenvalue weighted by Gasteiger charge is -2.23. The smallest absolute Gasteiger partial charge is 0.252 e. The molecule has 116 valence electrons. The van der Waals surface area contributed by atoms with Crippen molar-refractivity contribution in [2.75, 3.05) is 6.54 Å². The second kappa shape index (κ2) is 8.42. The van der Waals surface area contributed by atoms with Crippen LogP contribution in [0, 0.1) is 5.92 Å². The minimum atomic E-state index is -0.293. The first-order valence-corrected chi connectivity index (χ1v) is 7.31. The zero-order chi connectivity index (χ0) is 15.8. The van der Waals surface area contributed by atoms with Crippen LogP contribution in [0.2, 0.25) is 0 Å². The molecule has 0 aliphatic rings. The highest BCUT2D eigenvalue weighted by atomic mass is 16.2. The number of carbonyl (C=O) groups excluding carboxylic acids is 2. The number of hydrogen-bond acceptors (Lipinski definition) is 3. The van der Waals surface area contributed by atoms with Crippen molar-refractivity contribution in [1.29, 1.82) is 0 Å². The van der Waals surface area contributed by atoms with Gasteiger partial charge in [-0.3, -0.25) is 20.4 Å². The fourth-order valence-corrected chi connectivity index (χ4v) is 2.10. The number of amides is 2. The number of carbonyl (C=O) groups is 2. The van der Waals surface area contributed by atoms with Gasteiger partial charge in [0, 0.05) is 13.0 Å². The molecule has 1 rings (SSSR count). The van der Waals surface area contributed by atoms with Crippen LogP contribution < -0.4 is 16.2 Å². The topological polar surface area (TPSA) is 70.2 Å². The van der Waals surface area contributed by atoms with E-state index in [4.69, 9.17) is 0 Å². The molecule has 0 saturated carbocycles. The van der Waals surface area contributed by atoms with Crippen LogP contribution >= 0.6 is 0 Å². The Morgan fingerprint density at radius 1 is 1.10 bits per heavy atom. The average Bonchev–Trinajstić information content (AvgIpc) is 2.45. The highest BCUT2D eigenvalue weighted by molar-refractivity contribution is 5.81. The number of hydrogen-bond donors (Lipinski definition) is 3. The quantitative estimate of drug-likeness (QED) is 0.699. The number of benzene rings is 1. The highest BCUT2D eigenvalue weighted by Gasteiger charge is 2.16. The Labute approximate surface area is 126 Å². The molecule has 5 heteroatoms. The van der Waals surface area contributed by atoms with E-state index in [-0.39, 0.29) is 24.4 Å². The normalized spacial score (nSPS) is 12.0. The van der Waals surface area contributed by atoms with Crippen LogP contribution in [0.3, 0.4) is 0 Å². The summed E-state index contributed by atoms with van der Waals surface area (Å²) in [5.41, 5.74) is 7.08. The summed E-state index contributed by atoms with van der Waals surface area (Å²) in [6, 6.07) is 8.52. The Morgan fingerprint density at radius 3 is 2.19 bits per heavy atom. The van der Waals surface area contributed by atoms with E-state index < -0.39 is 0 Å². The summed E-state index contributed by atoms with van der Waals surface area (Å²) in [4.78, 5) is 22.3. The number of aryl methyl sites for hydroxylation is 1. The molecule has 0 saturated heterocycles. The van der Waals surface area contributed by atoms with E-state index in [2.05, 4.69) is 61.2 Å². The molecule has 0 aliphatic heterocycles. The molecule has 0 unspecified atom stereocenters. The molecule has 0 aromatic heterocycles. The van der Waals surface area contributed by atoms with Gasteiger partial charge in [-0.15, -0.1) is 0 Å². The molecular weight excluding hydrogens is 266 g/mol. The molecule has 21 heavy (non-hydrogen) atoms. The van der Waals surface area contributed by atoms with Crippen molar-refractivity contribution in [1.82, 2.24) is 16.2 Å². The molecule has 2 amide bonds. The molecule has 0 radical (unpaired) electrons. The first kappa shape index (κ1) is 17.2. The summed E-state index contributed by atoms with van der Waals surface area (Å²) in [6.45, 7) is 7.84. The largest absolute Gasteiger partial charge is 0.301 e. The van der Waals surface area contributed by atoms with Crippen molar-refractivity contribution in [3.63, 3.8) is 0 Å². The van der Waals surface area contributed by atoms with Crippen molar-refractivity contribution in [2.24, 2.45) is 5.92 Å². The van der Waals surface area contributed by atoms with Crippen LogP contribution in [-0.2, 0) is 16.0 Å². The summed E-state index contributed by atoms with van der Waals surface area (Å²) in [6.07, 6.45) is 1.01. The Bertz CT molecular complexity index is 469. The molecule has 0 heterocycles. The van der Waals surface area contributed by atoms with Gasteiger partial charge in [-0.05, 0) is 23.5 Å². The predicted octanol–water partition coefficient (Wildman–Crippen LogP) is 1.70. The Kier molecular flexibility index (Phi) is 6.88. The molecule has 3 N–H and O–H groups in total. The van der Waals surface area contributed by atoms with E-state index in [1.807, 2.05) is 0 Å². The van der Waals surface area contributed by atoms with Crippen LogP contribution in [0.25, 0.3) is 0 Å². The Morgan fingerprint density at radius 2 is 1.71 bits per heavy atom. The van der Waals surface area contributed by atoms with Gasteiger partial charge in [0.2, 0.25) is 5.91 Å². The molecule has 0 spiro atoms. The predicted molar refractivity (Wildman–Crippen MR) is 83.4 cm³/mol. The van der Waals surface area contributed by atoms with Gasteiger partial charge in [0.05, 0.1) is 6.54 Å². The van der Waals surface area contributed by atoms with Crippen molar-refractivity contribution < 1.29 is 9.59 Å². The second-order valence-corrected chi connectivity index (χ2v) is 5.43. The molecule has 0 fully saturated rings. The standard InChI is InChI=1S/C16H25N3O2/c1-5-13-6-8-14(9-7-13)16(11(2)3)17-10-15(21)19-18-12(4)20/h6-9,11,16-17H,5,10H2,1-4H3,(H,18,20)(H,19,21)/t16-/m0/s1. The van der Waals surface area contributed by atoms with E-state index >= 15 is 0 Å². The van der Waals surface area contributed by atoms with Crippen molar-refractivity contribution >= 4 is 11.8 Å². The molecule has 0 bridgehead atoms. The van der Waals surface area contributed by atoms with E-state index in [0.717, 1.165) is 12.0 Å². The lowest BCUT2D eigenvalue weighted by molar-refractivity contribution is -0.127. The average molecular weight is 291 g/mol. The van der Waals surface area contributed by atoms with Gasteiger partial charge in [-0.25, -0.2) is 0 Å². The molecule has 0 aliphatic carbocycles. The lowest BCUT2D eigenvalue weighted by Crippen LogP contribution is -2.45. The van der Waals surface area contributed by atoms with E-state index in [1.54, 1.807) is 0 Å². The first-order chi connectivity index (χ1) is 9.93. The van der Waals surface area contributed by atoms with Gasteiger partial charge in [0.1, 0.15) is 0 Å². The number of nitrogens with one attached hydrogen (secondary N) is 3. The maximum atomic E-state index is 11.6. The van der Waals surface area contributed by atoms with Gasteiger partial charge < -0.3 is 5.32 Å². The second-order valence-electron chi connectivity index (χ2n) is 5.43. The van der Waals surface area contributed by atoms with Crippen molar-refractivity contribution in [2.45, 2.75) is 40.2 Å². The van der Waals surface area contributed by atoms with Crippen LogP contribution in [-0.4, -0.2) is 18.4 Å². The lowest BCUT2D eigenvalue weighted by atomic mass is 9.95. The fourth-order valence-electron chi connectivity index (χ4n) is 2.10. The van der Waals surface area contributed by atoms with E-state index in [0.29, 0.717) is 5.92 Å². The first-order valence-electron chi connectivity index (χ1n) is 7.31. The monoisotopic (exact) mass is 291 g/mol.